The summed E-state index contributed by atoms with van der Waals surface area (Å²) < 4.78 is 28.3. The van der Waals surface area contributed by atoms with Gasteiger partial charge in [-0.15, -0.1) is 11.3 Å². The quantitative estimate of drug-likeness (QED) is 0.838. The van der Waals surface area contributed by atoms with Crippen LogP contribution in [0.5, 0.6) is 0 Å². The number of sulfonamides is 1. The summed E-state index contributed by atoms with van der Waals surface area (Å²) in [5, 5.41) is 9.09. The van der Waals surface area contributed by atoms with Crippen molar-refractivity contribution in [1.82, 2.24) is 4.72 Å². The van der Waals surface area contributed by atoms with E-state index in [0.717, 1.165) is 8.66 Å². The van der Waals surface area contributed by atoms with Crippen LogP contribution in [-0.2, 0) is 10.0 Å². The van der Waals surface area contributed by atoms with Gasteiger partial charge in [0.1, 0.15) is 0 Å². The molecule has 2 N–H and O–H groups in total. The number of aliphatic hydroxyl groups excluding tert-OH is 1. The van der Waals surface area contributed by atoms with Gasteiger partial charge in [0.15, 0.2) is 0 Å². The fraction of sp³-hybridized carbons (Fsp3) is 0.667. The van der Waals surface area contributed by atoms with Crippen molar-refractivity contribution in [2.75, 3.05) is 6.61 Å². The van der Waals surface area contributed by atoms with Gasteiger partial charge in [-0.2, -0.15) is 0 Å². The summed E-state index contributed by atoms with van der Waals surface area (Å²) in [4.78, 5) is 1.05. The molecule has 1 aromatic heterocycles. The van der Waals surface area contributed by atoms with E-state index in [1.807, 2.05) is 20.8 Å². The van der Waals surface area contributed by atoms with Crippen molar-refractivity contribution in [2.24, 2.45) is 5.41 Å². The molecular weight excluding hydrogens is 350 g/mol. The highest BCUT2D eigenvalue weighted by Crippen LogP contribution is 2.31. The minimum Gasteiger partial charge on any atom is -0.396 e. The molecule has 110 valence electrons. The monoisotopic (exact) mass is 369 g/mol. The SMILES string of the molecule is Cc1sc(Br)cc1S(=O)(=O)NC(CCO)C(C)(C)C. The van der Waals surface area contributed by atoms with Crippen molar-refractivity contribution in [2.45, 2.75) is 45.1 Å². The lowest BCUT2D eigenvalue weighted by molar-refractivity contribution is 0.214. The fourth-order valence-electron chi connectivity index (χ4n) is 1.75. The maximum atomic E-state index is 12.4. The number of aliphatic hydroxyl groups is 1. The van der Waals surface area contributed by atoms with Crippen molar-refractivity contribution < 1.29 is 13.5 Å². The number of aryl methyl sites for hydroxylation is 1. The third-order valence-corrected chi connectivity index (χ3v) is 6.17. The first-order valence-electron chi connectivity index (χ1n) is 5.97. The molecule has 1 atom stereocenters. The summed E-state index contributed by atoms with van der Waals surface area (Å²) in [5.41, 5.74) is -0.253. The molecule has 1 aromatic rings. The van der Waals surface area contributed by atoms with E-state index in [1.165, 1.54) is 11.3 Å². The predicted molar refractivity (Wildman–Crippen MR) is 82.0 cm³/mol. The molecule has 1 rings (SSSR count). The van der Waals surface area contributed by atoms with E-state index in [2.05, 4.69) is 20.7 Å². The fourth-order valence-corrected chi connectivity index (χ4v) is 5.64. The Morgan fingerprint density at radius 3 is 2.42 bits per heavy atom. The molecule has 0 spiro atoms. The second-order valence-corrected chi connectivity index (χ2v) is 9.84. The number of rotatable bonds is 5. The smallest absolute Gasteiger partial charge is 0.241 e. The third-order valence-electron chi connectivity index (χ3n) is 2.89. The Morgan fingerprint density at radius 2 is 2.05 bits per heavy atom. The summed E-state index contributed by atoms with van der Waals surface area (Å²) in [6.07, 6.45) is 0.396. The highest BCUT2D eigenvalue weighted by Gasteiger charge is 2.30. The topological polar surface area (TPSA) is 66.4 Å². The lowest BCUT2D eigenvalue weighted by atomic mass is 9.86. The summed E-state index contributed by atoms with van der Waals surface area (Å²) in [6.45, 7) is 7.59. The molecule has 19 heavy (non-hydrogen) atoms. The van der Waals surface area contributed by atoms with Gasteiger partial charge in [0, 0.05) is 17.5 Å². The number of thiophene rings is 1. The Labute approximate surface area is 127 Å². The lowest BCUT2D eigenvalue weighted by Crippen LogP contribution is -2.44. The molecule has 0 fully saturated rings. The number of hydrogen-bond donors (Lipinski definition) is 2. The molecule has 0 aliphatic carbocycles. The van der Waals surface area contributed by atoms with Crippen molar-refractivity contribution in [3.05, 3.63) is 14.7 Å². The maximum Gasteiger partial charge on any atom is 0.241 e. The van der Waals surface area contributed by atoms with Gasteiger partial charge < -0.3 is 5.11 Å². The van der Waals surface area contributed by atoms with Crippen molar-refractivity contribution in [3.8, 4) is 0 Å². The molecule has 4 nitrogen and oxygen atoms in total. The highest BCUT2D eigenvalue weighted by molar-refractivity contribution is 9.11. The highest BCUT2D eigenvalue weighted by atomic mass is 79.9. The minimum absolute atomic E-state index is 0.0449. The van der Waals surface area contributed by atoms with E-state index in [-0.39, 0.29) is 18.1 Å². The first-order chi connectivity index (χ1) is 8.58. The average molecular weight is 370 g/mol. The van der Waals surface area contributed by atoms with Crippen LogP contribution in [0.15, 0.2) is 14.7 Å². The van der Waals surface area contributed by atoms with Crippen molar-refractivity contribution in [1.29, 1.82) is 0 Å². The van der Waals surface area contributed by atoms with Crippen LogP contribution in [0.4, 0.5) is 0 Å². The standard InChI is InChI=1S/C12H20BrNO3S2/c1-8-9(7-11(13)18-8)19(16,17)14-10(5-6-15)12(2,3)4/h7,10,14-15H,5-6H2,1-4H3. The number of nitrogens with one attached hydrogen (secondary N) is 1. The van der Waals surface area contributed by atoms with E-state index in [9.17, 15) is 8.42 Å². The van der Waals surface area contributed by atoms with Crippen LogP contribution in [-0.4, -0.2) is 26.2 Å². The Morgan fingerprint density at radius 1 is 1.47 bits per heavy atom. The van der Waals surface area contributed by atoms with Crippen LogP contribution in [0, 0.1) is 12.3 Å². The summed E-state index contributed by atoms with van der Waals surface area (Å²) in [6, 6.07) is 1.31. The molecular formula is C12H20BrNO3S2. The molecule has 0 saturated carbocycles. The normalized spacial score (nSPS) is 14.6. The van der Waals surface area contributed by atoms with E-state index >= 15 is 0 Å². The van der Waals surface area contributed by atoms with Crippen LogP contribution in [0.1, 0.15) is 32.1 Å². The van der Waals surface area contributed by atoms with E-state index < -0.39 is 10.0 Å². The zero-order valence-electron chi connectivity index (χ0n) is 11.5. The van der Waals surface area contributed by atoms with Gasteiger partial charge in [0.2, 0.25) is 10.0 Å². The molecule has 0 amide bonds. The first kappa shape index (κ1) is 17.1. The summed E-state index contributed by atoms with van der Waals surface area (Å²) >= 11 is 4.69. The Kier molecular flexibility index (Phi) is 5.60. The van der Waals surface area contributed by atoms with E-state index in [1.54, 1.807) is 13.0 Å². The third kappa shape index (κ3) is 4.53. The predicted octanol–water partition coefficient (Wildman–Crippen LogP) is 2.89. The van der Waals surface area contributed by atoms with Crippen molar-refractivity contribution >= 4 is 37.3 Å². The zero-order valence-corrected chi connectivity index (χ0v) is 14.7. The van der Waals surface area contributed by atoms with Crippen LogP contribution >= 0.6 is 27.3 Å². The lowest BCUT2D eigenvalue weighted by Gasteiger charge is -2.30. The molecule has 0 saturated heterocycles. The molecule has 0 aliphatic heterocycles. The van der Waals surface area contributed by atoms with Gasteiger partial charge in [-0.3, -0.25) is 0 Å². The molecule has 1 unspecified atom stereocenters. The van der Waals surface area contributed by atoms with Gasteiger partial charge in [0.05, 0.1) is 8.68 Å². The minimum atomic E-state index is -3.56. The molecule has 0 aliphatic rings. The average Bonchev–Trinajstić information content (AvgIpc) is 2.56. The molecule has 0 aromatic carbocycles. The first-order valence-corrected chi connectivity index (χ1v) is 9.06. The van der Waals surface area contributed by atoms with Gasteiger partial charge in [-0.1, -0.05) is 20.8 Å². The van der Waals surface area contributed by atoms with Crippen LogP contribution < -0.4 is 4.72 Å². The Bertz CT molecular complexity index is 532. The molecule has 7 heteroatoms. The maximum absolute atomic E-state index is 12.4. The van der Waals surface area contributed by atoms with Gasteiger partial charge >= 0.3 is 0 Å². The number of halogens is 1. The largest absolute Gasteiger partial charge is 0.396 e. The summed E-state index contributed by atoms with van der Waals surface area (Å²) in [5.74, 6) is 0. The zero-order chi connectivity index (χ0) is 14.8. The Hall–Kier alpha value is 0.0500. The van der Waals surface area contributed by atoms with Gasteiger partial charge in [-0.25, -0.2) is 13.1 Å². The second kappa shape index (κ2) is 6.22. The van der Waals surface area contributed by atoms with E-state index in [0.29, 0.717) is 11.3 Å². The number of hydrogen-bond acceptors (Lipinski definition) is 4. The molecule has 0 radical (unpaired) electrons. The molecule has 1 heterocycles. The van der Waals surface area contributed by atoms with Gasteiger partial charge in [-0.05, 0) is 40.8 Å². The van der Waals surface area contributed by atoms with Crippen molar-refractivity contribution in [3.63, 3.8) is 0 Å². The second-order valence-electron chi connectivity index (χ2n) is 5.52. The van der Waals surface area contributed by atoms with Crippen LogP contribution in [0.25, 0.3) is 0 Å². The van der Waals surface area contributed by atoms with E-state index in [4.69, 9.17) is 5.11 Å². The van der Waals surface area contributed by atoms with Crippen LogP contribution in [0.2, 0.25) is 0 Å². The van der Waals surface area contributed by atoms with Gasteiger partial charge in [0.25, 0.3) is 0 Å². The Balaban J connectivity index is 3.04. The molecule has 0 bridgehead atoms. The summed E-state index contributed by atoms with van der Waals surface area (Å²) in [7, 11) is -3.56. The van der Waals surface area contributed by atoms with Crippen LogP contribution in [0.3, 0.4) is 0 Å².